The summed E-state index contributed by atoms with van der Waals surface area (Å²) in [6, 6.07) is 12.3. The van der Waals surface area contributed by atoms with Crippen LogP contribution in [0.4, 0.5) is 13.2 Å². The molecular formula is C22H22F3N3O2S. The van der Waals surface area contributed by atoms with Crippen LogP contribution < -0.4 is 5.32 Å². The van der Waals surface area contributed by atoms with Crippen LogP contribution in [0.5, 0.6) is 0 Å². The zero-order valence-corrected chi connectivity index (χ0v) is 18.1. The van der Waals surface area contributed by atoms with Gasteiger partial charge in [-0.2, -0.15) is 18.2 Å². The molecule has 0 saturated carbocycles. The van der Waals surface area contributed by atoms with Gasteiger partial charge < -0.3 is 9.84 Å². The summed E-state index contributed by atoms with van der Waals surface area (Å²) in [6.45, 7) is 5.47. The van der Waals surface area contributed by atoms with Gasteiger partial charge >= 0.3 is 6.18 Å². The monoisotopic (exact) mass is 449 g/mol. The van der Waals surface area contributed by atoms with Crippen molar-refractivity contribution in [2.45, 2.75) is 43.0 Å². The predicted octanol–water partition coefficient (Wildman–Crippen LogP) is 5.40. The third kappa shape index (κ3) is 5.88. The normalized spacial score (nSPS) is 12.1. The lowest BCUT2D eigenvalue weighted by atomic mass is 9.83. The lowest BCUT2D eigenvalue weighted by molar-refractivity contribution is -0.137. The highest BCUT2D eigenvalue weighted by Crippen LogP contribution is 2.33. The largest absolute Gasteiger partial charge is 0.416 e. The van der Waals surface area contributed by atoms with Crippen LogP contribution in [0.15, 0.2) is 57.9 Å². The van der Waals surface area contributed by atoms with E-state index in [1.54, 1.807) is 39.0 Å². The Morgan fingerprint density at radius 3 is 2.48 bits per heavy atom. The average Bonchev–Trinajstić information content (AvgIpc) is 3.15. The number of alkyl halides is 3. The molecule has 0 aliphatic rings. The number of thioether (sulfide) groups is 1. The summed E-state index contributed by atoms with van der Waals surface area (Å²) in [4.78, 5) is 17.7. The van der Waals surface area contributed by atoms with Gasteiger partial charge in [0, 0.05) is 23.8 Å². The highest BCUT2D eigenvalue weighted by Gasteiger charge is 2.32. The maximum atomic E-state index is 13.0. The standard InChI is InChI=1S/C22H22F3N3O2S/c1-14-27-19(28-30-14)12-31-18-10-5-4-9-17(18)20(29)26-13-21(2,3)15-7-6-8-16(11-15)22(23,24)25/h4-11H,12-13H2,1-3H3,(H,26,29). The Labute approximate surface area is 182 Å². The number of rotatable bonds is 7. The topological polar surface area (TPSA) is 68.0 Å². The number of aromatic nitrogens is 2. The van der Waals surface area contributed by atoms with Gasteiger partial charge in [0.1, 0.15) is 0 Å². The molecule has 1 amide bonds. The molecule has 5 nitrogen and oxygen atoms in total. The SMILES string of the molecule is Cc1nc(CSc2ccccc2C(=O)NCC(C)(C)c2cccc(C(F)(F)F)c2)no1. The average molecular weight is 449 g/mol. The van der Waals surface area contributed by atoms with Crippen LogP contribution in [0.3, 0.4) is 0 Å². The molecule has 1 N–H and O–H groups in total. The third-order valence-electron chi connectivity index (χ3n) is 4.72. The molecule has 9 heteroatoms. The molecule has 0 bridgehead atoms. The molecule has 0 unspecified atom stereocenters. The van der Waals surface area contributed by atoms with E-state index < -0.39 is 17.2 Å². The van der Waals surface area contributed by atoms with Gasteiger partial charge in [-0.15, -0.1) is 11.8 Å². The summed E-state index contributed by atoms with van der Waals surface area (Å²) in [7, 11) is 0. The summed E-state index contributed by atoms with van der Waals surface area (Å²) in [5.74, 6) is 1.14. The van der Waals surface area contributed by atoms with Crippen LogP contribution in [-0.4, -0.2) is 22.6 Å². The second kappa shape index (κ2) is 9.13. The summed E-state index contributed by atoms with van der Waals surface area (Å²) in [5, 5.41) is 6.70. The van der Waals surface area contributed by atoms with E-state index in [-0.39, 0.29) is 12.5 Å². The predicted molar refractivity (Wildman–Crippen MR) is 112 cm³/mol. The third-order valence-corrected chi connectivity index (χ3v) is 5.79. The van der Waals surface area contributed by atoms with E-state index in [9.17, 15) is 18.0 Å². The van der Waals surface area contributed by atoms with Gasteiger partial charge in [-0.1, -0.05) is 49.3 Å². The molecule has 0 fully saturated rings. The van der Waals surface area contributed by atoms with Crippen molar-refractivity contribution in [3.05, 3.63) is 76.9 Å². The molecule has 3 aromatic rings. The Morgan fingerprint density at radius 1 is 1.10 bits per heavy atom. The van der Waals surface area contributed by atoms with Crippen LogP contribution in [0.25, 0.3) is 0 Å². The molecule has 164 valence electrons. The number of nitrogens with one attached hydrogen (secondary N) is 1. The highest BCUT2D eigenvalue weighted by molar-refractivity contribution is 7.98. The van der Waals surface area contributed by atoms with E-state index in [1.807, 2.05) is 12.1 Å². The molecule has 3 rings (SSSR count). The fourth-order valence-corrected chi connectivity index (χ4v) is 3.83. The number of nitrogens with zero attached hydrogens (tertiary/aromatic N) is 2. The summed E-state index contributed by atoms with van der Waals surface area (Å²) in [6.07, 6.45) is -4.41. The van der Waals surface area contributed by atoms with Crippen LogP contribution in [0, 0.1) is 6.92 Å². The van der Waals surface area contributed by atoms with Crippen molar-refractivity contribution in [1.82, 2.24) is 15.5 Å². The minimum Gasteiger partial charge on any atom is -0.351 e. The first-order valence-corrected chi connectivity index (χ1v) is 10.5. The van der Waals surface area contributed by atoms with Crippen molar-refractivity contribution in [3.8, 4) is 0 Å². The Kier molecular flexibility index (Phi) is 6.74. The smallest absolute Gasteiger partial charge is 0.351 e. The maximum Gasteiger partial charge on any atom is 0.416 e. The zero-order valence-electron chi connectivity index (χ0n) is 17.3. The molecule has 31 heavy (non-hydrogen) atoms. The second-order valence-corrected chi connectivity index (χ2v) is 8.68. The minimum atomic E-state index is -4.41. The summed E-state index contributed by atoms with van der Waals surface area (Å²) >= 11 is 1.41. The second-order valence-electron chi connectivity index (χ2n) is 7.66. The first-order valence-electron chi connectivity index (χ1n) is 9.53. The van der Waals surface area contributed by atoms with E-state index in [4.69, 9.17) is 4.52 Å². The molecule has 0 saturated heterocycles. The van der Waals surface area contributed by atoms with Crippen molar-refractivity contribution in [1.29, 1.82) is 0 Å². The number of hydrogen-bond acceptors (Lipinski definition) is 5. The number of carbonyl (C=O) groups is 1. The molecule has 0 aliphatic heterocycles. The van der Waals surface area contributed by atoms with E-state index >= 15 is 0 Å². The molecular weight excluding hydrogens is 427 g/mol. The zero-order chi connectivity index (χ0) is 22.6. The fraction of sp³-hybridized carbons (Fsp3) is 0.318. The molecule has 2 aromatic carbocycles. The number of amides is 1. The Hall–Kier alpha value is -2.81. The van der Waals surface area contributed by atoms with Crippen molar-refractivity contribution < 1.29 is 22.5 Å². The first kappa shape index (κ1) is 22.9. The Bertz CT molecular complexity index is 1060. The Morgan fingerprint density at radius 2 is 1.81 bits per heavy atom. The number of benzene rings is 2. The van der Waals surface area contributed by atoms with Crippen LogP contribution in [0.1, 0.15) is 47.0 Å². The van der Waals surface area contributed by atoms with Gasteiger partial charge in [-0.3, -0.25) is 4.79 Å². The van der Waals surface area contributed by atoms with Gasteiger partial charge in [0.2, 0.25) is 5.89 Å². The van der Waals surface area contributed by atoms with Crippen molar-refractivity contribution in [2.24, 2.45) is 0 Å². The number of halogens is 3. The lowest BCUT2D eigenvalue weighted by Crippen LogP contribution is -2.37. The van der Waals surface area contributed by atoms with Gasteiger partial charge in [-0.05, 0) is 23.8 Å². The van der Waals surface area contributed by atoms with E-state index in [1.165, 1.54) is 17.8 Å². The highest BCUT2D eigenvalue weighted by atomic mass is 32.2. The minimum absolute atomic E-state index is 0.177. The molecule has 0 spiro atoms. The van der Waals surface area contributed by atoms with E-state index in [0.29, 0.717) is 28.6 Å². The van der Waals surface area contributed by atoms with Crippen LogP contribution in [-0.2, 0) is 17.3 Å². The first-order chi connectivity index (χ1) is 14.6. The maximum absolute atomic E-state index is 13.0. The molecule has 0 atom stereocenters. The number of carbonyl (C=O) groups excluding carboxylic acids is 1. The van der Waals surface area contributed by atoms with Gasteiger partial charge in [0.15, 0.2) is 5.82 Å². The van der Waals surface area contributed by atoms with Crippen LogP contribution >= 0.6 is 11.8 Å². The van der Waals surface area contributed by atoms with Crippen molar-refractivity contribution in [3.63, 3.8) is 0 Å². The molecule has 0 aliphatic carbocycles. The molecule has 1 aromatic heterocycles. The van der Waals surface area contributed by atoms with Crippen molar-refractivity contribution >= 4 is 17.7 Å². The molecule has 1 heterocycles. The van der Waals surface area contributed by atoms with Gasteiger partial charge in [0.25, 0.3) is 5.91 Å². The number of aryl methyl sites for hydroxylation is 1. The van der Waals surface area contributed by atoms with E-state index in [0.717, 1.165) is 17.0 Å². The van der Waals surface area contributed by atoms with Gasteiger partial charge in [0.05, 0.1) is 16.9 Å². The summed E-state index contributed by atoms with van der Waals surface area (Å²) in [5.41, 5.74) is -0.422. The van der Waals surface area contributed by atoms with Crippen molar-refractivity contribution in [2.75, 3.05) is 6.54 Å². The summed E-state index contributed by atoms with van der Waals surface area (Å²) < 4.78 is 44.1. The van der Waals surface area contributed by atoms with Crippen LogP contribution in [0.2, 0.25) is 0 Å². The Balaban J connectivity index is 1.69. The molecule has 0 radical (unpaired) electrons. The lowest BCUT2D eigenvalue weighted by Gasteiger charge is -2.26. The van der Waals surface area contributed by atoms with Gasteiger partial charge in [-0.25, -0.2) is 0 Å². The fourth-order valence-electron chi connectivity index (χ4n) is 2.94. The quantitative estimate of drug-likeness (QED) is 0.490. The number of hydrogen-bond donors (Lipinski definition) is 1. The van der Waals surface area contributed by atoms with E-state index in [2.05, 4.69) is 15.5 Å².